The van der Waals surface area contributed by atoms with Crippen LogP contribution >= 0.6 is 12.4 Å². The van der Waals surface area contributed by atoms with Gasteiger partial charge in [-0.05, 0) is 37.1 Å². The van der Waals surface area contributed by atoms with Crippen molar-refractivity contribution in [3.63, 3.8) is 0 Å². The molecule has 8 heteroatoms. The number of benzene rings is 1. The number of anilines is 2. The number of carbonyl (C=O) groups excluding carboxylic acids is 3. The molecule has 5 N–H and O–H groups in total. The number of nitrogens with one attached hydrogen (secondary N) is 3. The van der Waals surface area contributed by atoms with Crippen LogP contribution in [0.15, 0.2) is 24.3 Å². The summed E-state index contributed by atoms with van der Waals surface area (Å²) in [5.74, 6) is -0.540. The summed E-state index contributed by atoms with van der Waals surface area (Å²) < 4.78 is 0. The van der Waals surface area contributed by atoms with E-state index in [0.29, 0.717) is 11.4 Å². The molecule has 3 amide bonds. The molecule has 0 radical (unpaired) electrons. The predicted molar refractivity (Wildman–Crippen MR) is 85.7 cm³/mol. The van der Waals surface area contributed by atoms with Gasteiger partial charge >= 0.3 is 0 Å². The number of rotatable bonds is 6. The molecule has 7 nitrogen and oxygen atoms in total. The molecule has 1 aromatic rings. The van der Waals surface area contributed by atoms with Gasteiger partial charge in [-0.15, -0.1) is 12.4 Å². The van der Waals surface area contributed by atoms with E-state index in [0.717, 1.165) is 12.8 Å². The first-order valence-electron chi connectivity index (χ1n) is 6.76. The van der Waals surface area contributed by atoms with Crippen LogP contribution in [-0.4, -0.2) is 30.8 Å². The van der Waals surface area contributed by atoms with Gasteiger partial charge in [-0.1, -0.05) is 0 Å². The second-order valence-electron chi connectivity index (χ2n) is 4.87. The highest BCUT2D eigenvalue weighted by atomic mass is 35.5. The lowest BCUT2D eigenvalue weighted by atomic mass is 10.2. The highest BCUT2D eigenvalue weighted by Crippen LogP contribution is 2.30. The van der Waals surface area contributed by atoms with Crippen molar-refractivity contribution in [1.82, 2.24) is 5.32 Å². The van der Waals surface area contributed by atoms with Gasteiger partial charge in [0.05, 0.1) is 13.1 Å². The summed E-state index contributed by atoms with van der Waals surface area (Å²) in [4.78, 5) is 34.1. The summed E-state index contributed by atoms with van der Waals surface area (Å²) in [5.41, 5.74) is 6.40. The highest BCUT2D eigenvalue weighted by molar-refractivity contribution is 5.96. The van der Waals surface area contributed by atoms with Crippen molar-refractivity contribution in [3.05, 3.63) is 24.3 Å². The van der Waals surface area contributed by atoms with Crippen LogP contribution in [0.25, 0.3) is 0 Å². The lowest BCUT2D eigenvalue weighted by Gasteiger charge is -2.08. The van der Waals surface area contributed by atoms with Crippen LogP contribution < -0.4 is 21.7 Å². The summed E-state index contributed by atoms with van der Waals surface area (Å²) in [7, 11) is 0. The van der Waals surface area contributed by atoms with Gasteiger partial charge in [0.1, 0.15) is 0 Å². The van der Waals surface area contributed by atoms with Crippen LogP contribution in [0.5, 0.6) is 0 Å². The van der Waals surface area contributed by atoms with E-state index >= 15 is 0 Å². The highest BCUT2D eigenvalue weighted by Gasteiger charge is 2.29. The first-order chi connectivity index (χ1) is 10.1. The summed E-state index contributed by atoms with van der Waals surface area (Å²) in [5, 5.41) is 7.82. The molecule has 0 aliphatic heterocycles. The first-order valence-corrected chi connectivity index (χ1v) is 6.76. The third-order valence-electron chi connectivity index (χ3n) is 3.02. The van der Waals surface area contributed by atoms with E-state index in [1.54, 1.807) is 24.3 Å². The van der Waals surface area contributed by atoms with Gasteiger partial charge in [0.15, 0.2) is 0 Å². The molecule has 22 heavy (non-hydrogen) atoms. The number of halogens is 1. The van der Waals surface area contributed by atoms with Crippen molar-refractivity contribution in [3.8, 4) is 0 Å². The molecule has 0 atom stereocenters. The summed E-state index contributed by atoms with van der Waals surface area (Å²) in [6.45, 7) is -0.279. The Balaban J connectivity index is 0.00000242. The predicted octanol–water partition coefficient (Wildman–Crippen LogP) is 0.470. The van der Waals surface area contributed by atoms with Gasteiger partial charge in [0.2, 0.25) is 17.7 Å². The Morgan fingerprint density at radius 1 is 1.00 bits per heavy atom. The number of hydrogen-bond donors (Lipinski definition) is 4. The van der Waals surface area contributed by atoms with Gasteiger partial charge in [-0.3, -0.25) is 14.4 Å². The average molecular weight is 327 g/mol. The summed E-state index contributed by atoms with van der Waals surface area (Å²) in [6, 6.07) is 6.80. The SMILES string of the molecule is Cl.NCC(=O)NCC(=O)Nc1ccc(NC(=O)C2CC2)cc1. The van der Waals surface area contributed by atoms with Crippen LogP contribution in [0.3, 0.4) is 0 Å². The fraction of sp³-hybridized carbons (Fsp3) is 0.357. The van der Waals surface area contributed by atoms with Gasteiger partial charge in [-0.25, -0.2) is 0 Å². The van der Waals surface area contributed by atoms with Crippen LogP contribution in [0.4, 0.5) is 11.4 Å². The standard InChI is InChI=1S/C14H18N4O3.ClH/c15-7-12(19)16-8-13(20)17-10-3-5-11(6-4-10)18-14(21)9-1-2-9;/h3-6,9H,1-2,7-8,15H2,(H,16,19)(H,17,20)(H,18,21);1H. The van der Waals surface area contributed by atoms with Crippen molar-refractivity contribution in [2.45, 2.75) is 12.8 Å². The maximum absolute atomic E-state index is 11.6. The summed E-state index contributed by atoms with van der Waals surface area (Å²) >= 11 is 0. The van der Waals surface area contributed by atoms with Gasteiger partial charge in [-0.2, -0.15) is 0 Å². The molecular weight excluding hydrogens is 308 g/mol. The Labute approximate surface area is 134 Å². The molecule has 120 valence electrons. The van der Waals surface area contributed by atoms with E-state index in [-0.39, 0.29) is 49.1 Å². The molecule has 1 aromatic carbocycles. The quantitative estimate of drug-likeness (QED) is 0.608. The largest absolute Gasteiger partial charge is 0.346 e. The minimum atomic E-state index is -0.386. The van der Waals surface area contributed by atoms with Crippen molar-refractivity contribution in [2.75, 3.05) is 23.7 Å². The molecule has 1 aliphatic carbocycles. The zero-order valence-electron chi connectivity index (χ0n) is 11.9. The number of nitrogens with two attached hydrogens (primary N) is 1. The van der Waals surface area contributed by atoms with E-state index in [1.165, 1.54) is 0 Å². The van der Waals surface area contributed by atoms with Crippen molar-refractivity contribution in [2.24, 2.45) is 11.7 Å². The topological polar surface area (TPSA) is 113 Å². The third kappa shape index (κ3) is 5.71. The fourth-order valence-electron chi connectivity index (χ4n) is 1.68. The second kappa shape index (κ2) is 8.35. The number of amides is 3. The van der Waals surface area contributed by atoms with Crippen molar-refractivity contribution in [1.29, 1.82) is 0 Å². The molecular formula is C14H19ClN4O3. The second-order valence-corrected chi connectivity index (χ2v) is 4.87. The van der Waals surface area contributed by atoms with E-state index in [2.05, 4.69) is 16.0 Å². The smallest absolute Gasteiger partial charge is 0.243 e. The lowest BCUT2D eigenvalue weighted by Crippen LogP contribution is -2.36. The molecule has 1 aliphatic rings. The maximum Gasteiger partial charge on any atom is 0.243 e. The van der Waals surface area contributed by atoms with Crippen molar-refractivity contribution < 1.29 is 14.4 Å². The lowest BCUT2D eigenvalue weighted by molar-refractivity contribution is -0.123. The minimum absolute atomic E-state index is 0. The Kier molecular flexibility index (Phi) is 6.81. The first kappa shape index (κ1) is 17.9. The molecule has 0 aromatic heterocycles. The maximum atomic E-state index is 11.6. The number of hydrogen-bond acceptors (Lipinski definition) is 4. The number of carbonyl (C=O) groups is 3. The monoisotopic (exact) mass is 326 g/mol. The van der Waals surface area contributed by atoms with E-state index < -0.39 is 0 Å². The molecule has 2 rings (SSSR count). The Bertz CT molecular complexity index is 544. The zero-order valence-corrected chi connectivity index (χ0v) is 12.7. The molecule has 0 unspecified atom stereocenters. The van der Waals surface area contributed by atoms with Crippen LogP contribution in [0, 0.1) is 5.92 Å². The zero-order chi connectivity index (χ0) is 15.2. The minimum Gasteiger partial charge on any atom is -0.346 e. The summed E-state index contributed by atoms with van der Waals surface area (Å²) in [6.07, 6.45) is 1.91. The fourth-order valence-corrected chi connectivity index (χ4v) is 1.68. The Morgan fingerprint density at radius 3 is 2.05 bits per heavy atom. The molecule has 1 saturated carbocycles. The molecule has 0 heterocycles. The van der Waals surface area contributed by atoms with E-state index in [9.17, 15) is 14.4 Å². The molecule has 0 saturated heterocycles. The molecule has 0 spiro atoms. The van der Waals surface area contributed by atoms with Crippen molar-refractivity contribution >= 4 is 41.5 Å². The van der Waals surface area contributed by atoms with Crippen LogP contribution in [-0.2, 0) is 14.4 Å². The van der Waals surface area contributed by atoms with E-state index in [1.807, 2.05) is 0 Å². The third-order valence-corrected chi connectivity index (χ3v) is 3.02. The van der Waals surface area contributed by atoms with Gasteiger partial charge in [0.25, 0.3) is 0 Å². The van der Waals surface area contributed by atoms with Gasteiger partial charge in [0, 0.05) is 17.3 Å². The average Bonchev–Trinajstić information content (AvgIpc) is 3.31. The van der Waals surface area contributed by atoms with Crippen LogP contribution in [0.1, 0.15) is 12.8 Å². The van der Waals surface area contributed by atoms with E-state index in [4.69, 9.17) is 5.73 Å². The Hall–Kier alpha value is -2.12. The molecule has 1 fully saturated rings. The normalized spacial score (nSPS) is 12.8. The van der Waals surface area contributed by atoms with Crippen LogP contribution in [0.2, 0.25) is 0 Å². The Morgan fingerprint density at radius 2 is 1.55 bits per heavy atom. The molecule has 0 bridgehead atoms. The van der Waals surface area contributed by atoms with Gasteiger partial charge < -0.3 is 21.7 Å².